The molecule has 0 saturated carbocycles. The molecule has 3 saturated heterocycles. The van der Waals surface area contributed by atoms with Crippen LogP contribution in [0.5, 0.6) is 0 Å². The molecule has 2 N–H and O–H groups in total. The minimum atomic E-state index is -1.68. The van der Waals surface area contributed by atoms with Crippen LogP contribution >= 0.6 is 0 Å². The highest BCUT2D eigenvalue weighted by molar-refractivity contribution is 6.74. The minimum Gasteiger partial charge on any atom is -0.415 e. The zero-order valence-corrected chi connectivity index (χ0v) is 15.1. The molecule has 4 unspecified atom stereocenters. The zero-order chi connectivity index (χ0) is 15.6. The second kappa shape index (κ2) is 5.01. The monoisotopic (exact) mass is 314 g/mol. The topological polar surface area (TPSA) is 63.6 Å². The summed E-state index contributed by atoms with van der Waals surface area (Å²) in [5.41, 5.74) is 0. The number of aliphatic hydroxyl groups is 1. The van der Waals surface area contributed by atoms with Crippen molar-refractivity contribution < 1.29 is 14.3 Å². The van der Waals surface area contributed by atoms with Gasteiger partial charge in [0, 0.05) is 12.1 Å². The fourth-order valence-electron chi connectivity index (χ4n) is 3.17. The van der Waals surface area contributed by atoms with Gasteiger partial charge in [0.1, 0.15) is 6.23 Å². The fourth-order valence-corrected chi connectivity index (χ4v) is 4.20. The van der Waals surface area contributed by atoms with Crippen molar-refractivity contribution in [3.63, 3.8) is 0 Å². The minimum absolute atomic E-state index is 0.0305. The molecule has 3 fully saturated rings. The average Bonchev–Trinajstić information content (AvgIpc) is 3.25. The van der Waals surface area contributed by atoms with Gasteiger partial charge in [-0.05, 0) is 24.6 Å². The van der Waals surface area contributed by atoms with Crippen molar-refractivity contribution in [3.8, 4) is 0 Å². The number of rotatable bonds is 5. The van der Waals surface area contributed by atoms with E-state index in [0.717, 1.165) is 13.0 Å². The maximum Gasteiger partial charge on any atom is 0.192 e. The number of nitrogens with zero attached hydrogens (tertiary/aromatic N) is 1. The molecule has 5 nitrogen and oxygen atoms in total. The van der Waals surface area contributed by atoms with E-state index >= 15 is 0 Å². The number of aliphatic hydroxyl groups excluding tert-OH is 1. The molecule has 0 aromatic rings. The molecule has 3 aliphatic rings. The van der Waals surface area contributed by atoms with E-state index in [4.69, 9.17) is 9.16 Å². The van der Waals surface area contributed by atoms with Gasteiger partial charge in [0.05, 0.1) is 18.7 Å². The summed E-state index contributed by atoms with van der Waals surface area (Å²) in [5, 5.41) is 13.6. The molecule has 21 heavy (non-hydrogen) atoms. The molecule has 122 valence electrons. The summed E-state index contributed by atoms with van der Waals surface area (Å²) < 4.78 is 12.0. The van der Waals surface area contributed by atoms with Crippen LogP contribution in [0, 0.1) is 0 Å². The van der Waals surface area contributed by atoms with Crippen molar-refractivity contribution in [1.82, 2.24) is 10.2 Å². The van der Waals surface area contributed by atoms with Crippen molar-refractivity contribution in [2.45, 2.75) is 88.9 Å². The molecule has 7 atom stereocenters. The van der Waals surface area contributed by atoms with Crippen LogP contribution in [0.2, 0.25) is 18.1 Å². The Morgan fingerprint density at radius 1 is 1.33 bits per heavy atom. The van der Waals surface area contributed by atoms with Crippen LogP contribution in [0.25, 0.3) is 0 Å². The summed E-state index contributed by atoms with van der Waals surface area (Å²) in [4.78, 5) is 2.31. The van der Waals surface area contributed by atoms with E-state index in [1.165, 1.54) is 0 Å². The van der Waals surface area contributed by atoms with Gasteiger partial charge >= 0.3 is 0 Å². The Hall–Kier alpha value is 0.0169. The predicted molar refractivity (Wildman–Crippen MR) is 84.4 cm³/mol. The smallest absolute Gasteiger partial charge is 0.192 e. The van der Waals surface area contributed by atoms with E-state index < -0.39 is 14.6 Å². The molecule has 0 radical (unpaired) electrons. The largest absolute Gasteiger partial charge is 0.415 e. The van der Waals surface area contributed by atoms with Crippen LogP contribution in [0.1, 0.15) is 34.1 Å². The standard InChI is InChI=1S/C15H30N2O3Si/c1-7-10-12-14(18)20-13(17(10)12)11-9(16-11)8-19-21(5,6)15(2,3)4/h9-14,16,18H,7-8H2,1-6H3/t9?,10?,11-,12?,13?,14+,17+/m0/s1. The van der Waals surface area contributed by atoms with Gasteiger partial charge in [-0.15, -0.1) is 0 Å². The Balaban J connectivity index is 1.50. The summed E-state index contributed by atoms with van der Waals surface area (Å²) in [6.45, 7) is 14.3. The van der Waals surface area contributed by atoms with Crippen LogP contribution in [0.3, 0.4) is 0 Å². The highest BCUT2D eigenvalue weighted by Gasteiger charge is 2.65. The van der Waals surface area contributed by atoms with E-state index in [2.05, 4.69) is 51.0 Å². The molecule has 3 rings (SSSR count). The Morgan fingerprint density at radius 3 is 2.52 bits per heavy atom. The van der Waals surface area contributed by atoms with E-state index in [1.807, 2.05) is 0 Å². The third-order valence-electron chi connectivity index (χ3n) is 5.78. The summed E-state index contributed by atoms with van der Waals surface area (Å²) in [6, 6.07) is 1.41. The van der Waals surface area contributed by atoms with Gasteiger partial charge in [0.2, 0.25) is 0 Å². The third kappa shape index (κ3) is 2.70. The highest BCUT2D eigenvalue weighted by atomic mass is 28.4. The third-order valence-corrected chi connectivity index (χ3v) is 10.3. The first-order valence-electron chi connectivity index (χ1n) is 8.18. The van der Waals surface area contributed by atoms with Gasteiger partial charge in [-0.1, -0.05) is 27.7 Å². The number of ether oxygens (including phenoxy) is 1. The number of fused-ring (bicyclic) bond motifs is 1. The van der Waals surface area contributed by atoms with Gasteiger partial charge in [-0.2, -0.15) is 0 Å². The lowest BCUT2D eigenvalue weighted by molar-refractivity contribution is -0.118. The Morgan fingerprint density at radius 2 is 2.00 bits per heavy atom. The molecule has 0 aliphatic carbocycles. The van der Waals surface area contributed by atoms with E-state index in [9.17, 15) is 5.11 Å². The first-order valence-corrected chi connectivity index (χ1v) is 11.1. The first-order chi connectivity index (χ1) is 9.67. The molecular weight excluding hydrogens is 284 g/mol. The highest BCUT2D eigenvalue weighted by Crippen LogP contribution is 2.46. The first kappa shape index (κ1) is 15.9. The summed E-state index contributed by atoms with van der Waals surface area (Å²) in [6.07, 6.45) is 0.506. The summed E-state index contributed by atoms with van der Waals surface area (Å²) >= 11 is 0. The quantitative estimate of drug-likeness (QED) is 0.594. The molecule has 3 heterocycles. The molecular formula is C15H30N2O3Si. The molecule has 0 spiro atoms. The molecule has 0 amide bonds. The molecule has 0 aromatic heterocycles. The molecule has 3 aliphatic heterocycles. The maximum absolute atomic E-state index is 9.92. The lowest BCUT2D eigenvalue weighted by Crippen LogP contribution is -2.42. The van der Waals surface area contributed by atoms with Gasteiger partial charge < -0.3 is 19.6 Å². The van der Waals surface area contributed by atoms with Crippen molar-refractivity contribution in [3.05, 3.63) is 0 Å². The molecule has 0 bridgehead atoms. The van der Waals surface area contributed by atoms with E-state index in [0.29, 0.717) is 18.1 Å². The van der Waals surface area contributed by atoms with Gasteiger partial charge in [-0.25, -0.2) is 0 Å². The second-order valence-electron chi connectivity index (χ2n) is 8.20. The lowest BCUT2D eigenvalue weighted by Gasteiger charge is -2.36. The van der Waals surface area contributed by atoms with Gasteiger partial charge in [0.25, 0.3) is 0 Å². The van der Waals surface area contributed by atoms with Gasteiger partial charge in [-0.3, -0.25) is 4.90 Å². The number of hydrogen-bond acceptors (Lipinski definition) is 5. The Bertz CT molecular complexity index is 412. The zero-order valence-electron chi connectivity index (χ0n) is 14.1. The Labute approximate surface area is 129 Å². The van der Waals surface area contributed by atoms with Crippen LogP contribution < -0.4 is 5.32 Å². The summed E-state index contributed by atoms with van der Waals surface area (Å²) in [7, 11) is -1.68. The molecule has 0 aromatic carbocycles. The van der Waals surface area contributed by atoms with Crippen LogP contribution in [0.4, 0.5) is 0 Å². The van der Waals surface area contributed by atoms with Gasteiger partial charge in [0.15, 0.2) is 14.6 Å². The summed E-state index contributed by atoms with van der Waals surface area (Å²) in [5.74, 6) is 0. The Kier molecular flexibility index (Phi) is 3.79. The lowest BCUT2D eigenvalue weighted by atomic mass is 10.2. The van der Waals surface area contributed by atoms with Crippen LogP contribution in [0.15, 0.2) is 0 Å². The van der Waals surface area contributed by atoms with E-state index in [-0.39, 0.29) is 17.3 Å². The number of nitrogens with one attached hydrogen (secondary N) is 1. The van der Waals surface area contributed by atoms with Crippen LogP contribution in [-0.2, 0) is 9.16 Å². The normalized spacial score (nSPS) is 45.6. The fraction of sp³-hybridized carbons (Fsp3) is 1.00. The van der Waals surface area contributed by atoms with E-state index in [1.54, 1.807) is 0 Å². The predicted octanol–water partition coefficient (Wildman–Crippen LogP) is 1.49. The van der Waals surface area contributed by atoms with Crippen molar-refractivity contribution in [2.24, 2.45) is 0 Å². The van der Waals surface area contributed by atoms with Crippen molar-refractivity contribution in [1.29, 1.82) is 0 Å². The average molecular weight is 315 g/mol. The van der Waals surface area contributed by atoms with Crippen LogP contribution in [-0.4, -0.2) is 61.6 Å². The number of hydrogen-bond donors (Lipinski definition) is 2. The SMILES string of the molecule is CCC1C2[C@H](O)OC([C@H]3NC3CO[Si](C)(C)C(C)(C)C)[N@]12. The second-order valence-corrected chi connectivity index (χ2v) is 13.0. The molecule has 6 heteroatoms. The van der Waals surface area contributed by atoms with Crippen molar-refractivity contribution in [2.75, 3.05) is 6.61 Å². The van der Waals surface area contributed by atoms with Crippen molar-refractivity contribution >= 4 is 8.32 Å². The maximum atomic E-state index is 9.92.